The normalized spacial score (nSPS) is 19.0. The van der Waals surface area contributed by atoms with Crippen LogP contribution in [0.25, 0.3) is 0 Å². The molecule has 4 rings (SSSR count). The van der Waals surface area contributed by atoms with Crippen LogP contribution >= 0.6 is 0 Å². The Labute approximate surface area is 201 Å². The SMILES string of the molecule is Cc1ccc(NC(=O)c2cccc(S(C)(=O)=O)c2)cc1NC1=[N+]=C(C2CCCN(C)C2)CCN1. The van der Waals surface area contributed by atoms with Gasteiger partial charge >= 0.3 is 5.96 Å². The van der Waals surface area contributed by atoms with E-state index >= 15 is 0 Å². The van der Waals surface area contributed by atoms with Crippen molar-refractivity contribution in [3.05, 3.63) is 53.6 Å². The maximum Gasteiger partial charge on any atom is 0.443 e. The lowest BCUT2D eigenvalue weighted by atomic mass is 9.91. The number of piperidine rings is 1. The Kier molecular flexibility index (Phi) is 7.07. The van der Waals surface area contributed by atoms with Gasteiger partial charge in [-0.3, -0.25) is 10.1 Å². The lowest BCUT2D eigenvalue weighted by Crippen LogP contribution is -2.44. The third-order valence-electron chi connectivity index (χ3n) is 6.30. The number of anilines is 2. The van der Waals surface area contributed by atoms with Gasteiger partial charge in [0.05, 0.1) is 11.4 Å². The van der Waals surface area contributed by atoms with E-state index in [0.29, 0.717) is 11.6 Å². The lowest BCUT2D eigenvalue weighted by Gasteiger charge is -2.29. The van der Waals surface area contributed by atoms with E-state index in [-0.39, 0.29) is 16.4 Å². The van der Waals surface area contributed by atoms with E-state index in [2.05, 4.69) is 27.9 Å². The average Bonchev–Trinajstić information content (AvgIpc) is 2.81. The van der Waals surface area contributed by atoms with Gasteiger partial charge in [-0.25, -0.2) is 18.4 Å². The molecule has 2 aliphatic heterocycles. The second-order valence-corrected chi connectivity index (χ2v) is 11.2. The molecule has 1 fully saturated rings. The fourth-order valence-electron chi connectivity index (χ4n) is 4.39. The molecule has 8 nitrogen and oxygen atoms in total. The summed E-state index contributed by atoms with van der Waals surface area (Å²) in [6, 6.07) is 11.6. The summed E-state index contributed by atoms with van der Waals surface area (Å²) in [5.74, 6) is 0.847. The summed E-state index contributed by atoms with van der Waals surface area (Å²) in [6.07, 6.45) is 4.45. The van der Waals surface area contributed by atoms with Crippen LogP contribution in [0.15, 0.2) is 47.4 Å². The van der Waals surface area contributed by atoms with Crippen LogP contribution in [0.4, 0.5) is 11.4 Å². The monoisotopic (exact) mass is 482 g/mol. The molecule has 2 aromatic rings. The minimum Gasteiger partial charge on any atom is -0.322 e. The van der Waals surface area contributed by atoms with Crippen molar-refractivity contribution in [2.75, 3.05) is 43.6 Å². The Balaban J connectivity index is 1.52. The number of sulfone groups is 1. The van der Waals surface area contributed by atoms with E-state index in [4.69, 9.17) is 4.67 Å². The molecular formula is C25H32N5O3S+. The predicted molar refractivity (Wildman–Crippen MR) is 137 cm³/mol. The Hall–Kier alpha value is -3.13. The van der Waals surface area contributed by atoms with E-state index in [9.17, 15) is 13.2 Å². The molecule has 34 heavy (non-hydrogen) atoms. The van der Waals surface area contributed by atoms with Gasteiger partial charge in [0.1, 0.15) is 5.69 Å². The molecule has 1 saturated heterocycles. The van der Waals surface area contributed by atoms with Gasteiger partial charge in [0.25, 0.3) is 5.91 Å². The minimum atomic E-state index is -3.39. The van der Waals surface area contributed by atoms with Gasteiger partial charge in [0.15, 0.2) is 15.5 Å². The molecule has 1 amide bonds. The summed E-state index contributed by atoms with van der Waals surface area (Å²) in [7, 11) is -1.23. The molecule has 180 valence electrons. The van der Waals surface area contributed by atoms with Crippen LogP contribution in [-0.4, -0.2) is 63.8 Å². The van der Waals surface area contributed by atoms with Gasteiger partial charge in [0.2, 0.25) is 0 Å². The van der Waals surface area contributed by atoms with Gasteiger partial charge in [-0.05, 0) is 63.2 Å². The maximum absolute atomic E-state index is 12.8. The average molecular weight is 483 g/mol. The zero-order chi connectivity index (χ0) is 24.3. The van der Waals surface area contributed by atoms with Crippen molar-refractivity contribution in [3.8, 4) is 0 Å². The number of hydrogen-bond donors (Lipinski definition) is 3. The first-order valence-electron chi connectivity index (χ1n) is 11.5. The second-order valence-electron chi connectivity index (χ2n) is 9.14. The van der Waals surface area contributed by atoms with Gasteiger partial charge < -0.3 is 10.2 Å². The Morgan fingerprint density at radius 3 is 2.79 bits per heavy atom. The summed E-state index contributed by atoms with van der Waals surface area (Å²) in [4.78, 5) is 15.2. The standard InChI is InChI=1S/C25H31N5O3S/c1-17-9-10-20(27-24(31)18-6-4-8-21(14-18)34(3,32)33)15-23(17)29-25-26-12-11-22(28-25)19-7-5-13-30(2)16-19/h4,6,8-10,14-15,19H,5,7,11-13,16H2,1-3H3,(H2,26,27,29,31)/p+1. The molecular weight excluding hydrogens is 450 g/mol. The first-order valence-corrected chi connectivity index (χ1v) is 13.4. The van der Waals surface area contributed by atoms with Gasteiger partial charge in [-0.1, -0.05) is 12.1 Å². The molecule has 2 aromatic carbocycles. The van der Waals surface area contributed by atoms with Crippen LogP contribution in [0.5, 0.6) is 0 Å². The van der Waals surface area contributed by atoms with E-state index in [1.165, 1.54) is 30.7 Å². The highest BCUT2D eigenvalue weighted by molar-refractivity contribution is 7.90. The van der Waals surface area contributed by atoms with Crippen molar-refractivity contribution >= 4 is 38.8 Å². The zero-order valence-electron chi connectivity index (χ0n) is 19.9. The molecule has 0 radical (unpaired) electrons. The molecule has 2 aliphatic rings. The highest BCUT2D eigenvalue weighted by Gasteiger charge is 2.28. The van der Waals surface area contributed by atoms with Crippen LogP contribution in [0, 0.1) is 12.8 Å². The molecule has 3 N–H and O–H groups in total. The molecule has 0 aliphatic carbocycles. The van der Waals surface area contributed by atoms with E-state index in [0.717, 1.165) is 49.5 Å². The number of amides is 1. The molecule has 0 aromatic heterocycles. The number of benzene rings is 2. The van der Waals surface area contributed by atoms with Gasteiger partial charge in [-0.2, -0.15) is 0 Å². The number of carbonyl (C=O) groups excluding carboxylic acids is 1. The molecule has 1 atom stereocenters. The van der Waals surface area contributed by atoms with Crippen molar-refractivity contribution in [1.29, 1.82) is 0 Å². The van der Waals surface area contributed by atoms with E-state index in [1.807, 2.05) is 25.1 Å². The van der Waals surface area contributed by atoms with E-state index < -0.39 is 9.84 Å². The van der Waals surface area contributed by atoms with Crippen molar-refractivity contribution in [1.82, 2.24) is 14.9 Å². The second kappa shape index (κ2) is 10.0. The number of nitrogens with one attached hydrogen (secondary N) is 3. The summed E-state index contributed by atoms with van der Waals surface area (Å²) in [5.41, 5.74) is 3.99. The third kappa shape index (κ3) is 5.86. The molecule has 0 spiro atoms. The number of rotatable bonds is 5. The number of nitrogens with zero attached hydrogens (tertiary/aromatic N) is 2. The van der Waals surface area contributed by atoms with Gasteiger partial charge in [0, 0.05) is 42.5 Å². The minimum absolute atomic E-state index is 0.115. The summed E-state index contributed by atoms with van der Waals surface area (Å²) < 4.78 is 28.5. The van der Waals surface area contributed by atoms with E-state index in [1.54, 1.807) is 12.1 Å². The fraction of sp³-hybridized carbons (Fsp3) is 0.400. The molecule has 2 heterocycles. The van der Waals surface area contributed by atoms with Crippen LogP contribution in [0.3, 0.4) is 0 Å². The largest absolute Gasteiger partial charge is 0.443 e. The third-order valence-corrected chi connectivity index (χ3v) is 7.41. The number of guanidine groups is 1. The van der Waals surface area contributed by atoms with Crippen LogP contribution in [-0.2, 0) is 9.84 Å². The highest BCUT2D eigenvalue weighted by Crippen LogP contribution is 2.22. The Morgan fingerprint density at radius 1 is 1.21 bits per heavy atom. The lowest BCUT2D eigenvalue weighted by molar-refractivity contribution is 0.102. The number of likely N-dealkylation sites (tertiary alicyclic amines) is 1. The van der Waals surface area contributed by atoms with Crippen molar-refractivity contribution in [2.45, 2.75) is 31.1 Å². The summed E-state index contributed by atoms with van der Waals surface area (Å²) in [5, 5.41) is 9.59. The van der Waals surface area contributed by atoms with Crippen LogP contribution in [0.2, 0.25) is 0 Å². The quantitative estimate of drug-likeness (QED) is 0.565. The van der Waals surface area contributed by atoms with Crippen molar-refractivity contribution in [2.24, 2.45) is 5.92 Å². The topological polar surface area (TPSA) is 105 Å². The smallest absolute Gasteiger partial charge is 0.322 e. The predicted octanol–water partition coefficient (Wildman–Crippen LogP) is 2.26. The zero-order valence-corrected chi connectivity index (χ0v) is 20.7. The van der Waals surface area contributed by atoms with Crippen LogP contribution in [0.1, 0.15) is 35.2 Å². The molecule has 1 unspecified atom stereocenters. The van der Waals surface area contributed by atoms with Crippen molar-refractivity contribution in [3.63, 3.8) is 0 Å². The fourth-order valence-corrected chi connectivity index (χ4v) is 5.05. The molecule has 0 saturated carbocycles. The number of aryl methyl sites for hydroxylation is 1. The highest BCUT2D eigenvalue weighted by atomic mass is 32.2. The number of carbonyl (C=O) groups is 1. The Morgan fingerprint density at radius 2 is 2.03 bits per heavy atom. The Bertz CT molecular complexity index is 1270. The van der Waals surface area contributed by atoms with Crippen LogP contribution < -0.4 is 20.6 Å². The first kappa shape index (κ1) is 24.0. The summed E-state index contributed by atoms with van der Waals surface area (Å²) in [6.45, 7) is 5.03. The van der Waals surface area contributed by atoms with Crippen molar-refractivity contribution < 1.29 is 13.2 Å². The number of hydrogen-bond acceptors (Lipinski definition) is 6. The van der Waals surface area contributed by atoms with Gasteiger partial charge in [-0.15, -0.1) is 0 Å². The maximum atomic E-state index is 12.8. The summed E-state index contributed by atoms with van der Waals surface area (Å²) >= 11 is 0. The molecule has 0 bridgehead atoms. The first-order chi connectivity index (χ1) is 16.2. The molecule has 9 heteroatoms.